The van der Waals surface area contributed by atoms with Crippen LogP contribution in [0, 0.1) is 0 Å². The van der Waals surface area contributed by atoms with Gasteiger partial charge in [-0.15, -0.1) is 10.2 Å². The fourth-order valence-corrected chi connectivity index (χ4v) is 5.57. The number of hydrogen-bond acceptors (Lipinski definition) is 6. The topological polar surface area (TPSA) is 82.5 Å². The molecule has 4 aromatic rings. The largest absolute Gasteiger partial charge is 0.448 e. The van der Waals surface area contributed by atoms with Crippen molar-refractivity contribution in [3.05, 3.63) is 78.5 Å². The highest BCUT2D eigenvalue weighted by molar-refractivity contribution is 5.85. The molecule has 0 radical (unpaired) electrons. The summed E-state index contributed by atoms with van der Waals surface area (Å²) in [5.41, 5.74) is 4.85. The lowest BCUT2D eigenvalue weighted by molar-refractivity contribution is 0.0800. The van der Waals surface area contributed by atoms with Gasteiger partial charge in [-0.2, -0.15) is 0 Å². The number of H-pyrrole nitrogens is 1. The number of ether oxygens (including phenoxy) is 1. The molecule has 0 bridgehead atoms. The highest BCUT2D eigenvalue weighted by Crippen LogP contribution is 2.26. The number of amides is 1. The molecule has 1 N–H and O–H groups in total. The van der Waals surface area contributed by atoms with Gasteiger partial charge in [0.15, 0.2) is 0 Å². The summed E-state index contributed by atoms with van der Waals surface area (Å²) in [6, 6.07) is 17.2. The molecule has 4 heterocycles. The average molecular weight is 500 g/mol. The van der Waals surface area contributed by atoms with Crippen molar-refractivity contribution < 1.29 is 9.53 Å². The van der Waals surface area contributed by atoms with Crippen LogP contribution in [0.15, 0.2) is 67.4 Å². The minimum Gasteiger partial charge on any atom is -0.448 e. The Kier molecular flexibility index (Phi) is 6.88. The van der Waals surface area contributed by atoms with Crippen molar-refractivity contribution in [2.24, 2.45) is 0 Å². The standard InChI is InChI=1S/C28H33N7O2/c36-28-34(15-16-37-28)19-27(22-5-2-1-3-6-22)33-13-11-32(12-14-33)10-4-7-23-18-29-26-9-8-24(17-25(23)26)35-20-30-31-21-35/h1-3,5-6,8-9,17-18,20-21,27,29H,4,7,10-16,19H2. The number of nitrogens with one attached hydrogen (secondary N) is 1. The van der Waals surface area contributed by atoms with E-state index >= 15 is 0 Å². The zero-order valence-corrected chi connectivity index (χ0v) is 21.0. The molecule has 192 valence electrons. The van der Waals surface area contributed by atoms with Crippen molar-refractivity contribution >= 4 is 17.0 Å². The highest BCUT2D eigenvalue weighted by atomic mass is 16.6. The van der Waals surface area contributed by atoms with Crippen LogP contribution < -0.4 is 0 Å². The molecule has 2 aromatic heterocycles. The smallest absolute Gasteiger partial charge is 0.410 e. The predicted molar refractivity (Wildman–Crippen MR) is 142 cm³/mol. The number of benzene rings is 2. The second-order valence-corrected chi connectivity index (χ2v) is 9.88. The number of cyclic esters (lactones) is 1. The zero-order valence-electron chi connectivity index (χ0n) is 21.0. The number of nitrogens with zero attached hydrogens (tertiary/aromatic N) is 6. The summed E-state index contributed by atoms with van der Waals surface area (Å²) in [6.07, 6.45) is 7.57. The van der Waals surface area contributed by atoms with Crippen LogP contribution in [0.3, 0.4) is 0 Å². The van der Waals surface area contributed by atoms with E-state index in [9.17, 15) is 4.79 Å². The van der Waals surface area contributed by atoms with E-state index in [0.29, 0.717) is 19.7 Å². The number of aryl methyl sites for hydroxylation is 1. The molecular formula is C28H33N7O2. The SMILES string of the molecule is O=C1OCCN1CC(c1ccccc1)N1CCN(CCCc2c[nH]c3ccc(-n4cnnc4)cc23)CC1. The fraction of sp³-hybridized carbons (Fsp3) is 0.393. The van der Waals surface area contributed by atoms with Crippen molar-refractivity contribution in [2.45, 2.75) is 18.9 Å². The lowest BCUT2D eigenvalue weighted by Crippen LogP contribution is -2.50. The van der Waals surface area contributed by atoms with E-state index in [0.717, 1.165) is 56.8 Å². The van der Waals surface area contributed by atoms with Crippen LogP contribution in [-0.2, 0) is 11.2 Å². The minimum atomic E-state index is -0.189. The quantitative estimate of drug-likeness (QED) is 0.380. The summed E-state index contributed by atoms with van der Waals surface area (Å²) < 4.78 is 7.12. The first-order valence-corrected chi connectivity index (χ1v) is 13.1. The molecule has 2 aromatic carbocycles. The van der Waals surface area contributed by atoms with E-state index in [1.807, 2.05) is 15.5 Å². The van der Waals surface area contributed by atoms with E-state index in [4.69, 9.17) is 4.74 Å². The summed E-state index contributed by atoms with van der Waals surface area (Å²) in [6.45, 7) is 7.01. The monoisotopic (exact) mass is 499 g/mol. The molecule has 1 atom stereocenters. The van der Waals surface area contributed by atoms with Gasteiger partial charge in [-0.1, -0.05) is 30.3 Å². The molecular weight excluding hydrogens is 466 g/mol. The molecule has 6 rings (SSSR count). The number of aromatic nitrogens is 4. The van der Waals surface area contributed by atoms with Crippen molar-refractivity contribution in [3.8, 4) is 5.69 Å². The molecule has 1 unspecified atom stereocenters. The van der Waals surface area contributed by atoms with Crippen LogP contribution in [0.1, 0.15) is 23.6 Å². The molecule has 0 aliphatic carbocycles. The Labute approximate surface area is 216 Å². The van der Waals surface area contributed by atoms with Gasteiger partial charge in [-0.3, -0.25) is 9.47 Å². The Balaban J connectivity index is 1.04. The number of hydrogen-bond donors (Lipinski definition) is 1. The summed E-state index contributed by atoms with van der Waals surface area (Å²) in [7, 11) is 0. The van der Waals surface area contributed by atoms with Crippen LogP contribution in [0.25, 0.3) is 16.6 Å². The Morgan fingerprint density at radius 1 is 0.973 bits per heavy atom. The van der Waals surface area contributed by atoms with Crippen molar-refractivity contribution in [2.75, 3.05) is 52.4 Å². The molecule has 37 heavy (non-hydrogen) atoms. The van der Waals surface area contributed by atoms with E-state index in [-0.39, 0.29) is 12.1 Å². The van der Waals surface area contributed by atoms with Gasteiger partial charge in [0, 0.05) is 55.5 Å². The van der Waals surface area contributed by atoms with Gasteiger partial charge in [0.05, 0.1) is 12.6 Å². The van der Waals surface area contributed by atoms with Crippen molar-refractivity contribution in [3.63, 3.8) is 0 Å². The van der Waals surface area contributed by atoms with Crippen molar-refractivity contribution in [1.82, 2.24) is 34.4 Å². The maximum Gasteiger partial charge on any atom is 0.410 e. The Morgan fingerprint density at radius 2 is 1.78 bits per heavy atom. The number of aromatic amines is 1. The van der Waals surface area contributed by atoms with Gasteiger partial charge in [0.2, 0.25) is 0 Å². The third-order valence-electron chi connectivity index (χ3n) is 7.66. The van der Waals surface area contributed by atoms with Crippen LogP contribution >= 0.6 is 0 Å². The highest BCUT2D eigenvalue weighted by Gasteiger charge is 2.30. The number of carbonyl (C=O) groups excluding carboxylic acids is 1. The normalized spacial score (nSPS) is 17.9. The zero-order chi connectivity index (χ0) is 25.0. The second kappa shape index (κ2) is 10.7. The number of rotatable bonds is 9. The first-order valence-electron chi connectivity index (χ1n) is 13.1. The van der Waals surface area contributed by atoms with Crippen LogP contribution in [0.5, 0.6) is 0 Å². The molecule has 2 aliphatic rings. The molecule has 2 saturated heterocycles. The van der Waals surface area contributed by atoms with Crippen LogP contribution in [0.4, 0.5) is 4.79 Å². The van der Waals surface area contributed by atoms with Gasteiger partial charge in [-0.25, -0.2) is 4.79 Å². The predicted octanol–water partition coefficient (Wildman–Crippen LogP) is 3.49. The van der Waals surface area contributed by atoms with Crippen molar-refractivity contribution in [1.29, 1.82) is 0 Å². The molecule has 0 spiro atoms. The summed E-state index contributed by atoms with van der Waals surface area (Å²) in [5, 5.41) is 9.12. The Hall–Kier alpha value is -3.69. The third-order valence-corrected chi connectivity index (χ3v) is 7.66. The lowest BCUT2D eigenvalue weighted by Gasteiger charge is -2.40. The van der Waals surface area contributed by atoms with Gasteiger partial charge in [0.25, 0.3) is 0 Å². The van der Waals surface area contributed by atoms with Gasteiger partial charge < -0.3 is 19.5 Å². The Morgan fingerprint density at radius 3 is 2.54 bits per heavy atom. The number of carbonyl (C=O) groups is 1. The third kappa shape index (κ3) is 5.23. The molecule has 0 saturated carbocycles. The molecule has 2 aliphatic heterocycles. The van der Waals surface area contributed by atoms with E-state index in [1.54, 1.807) is 12.7 Å². The maximum atomic E-state index is 12.1. The average Bonchev–Trinajstić information content (AvgIpc) is 3.70. The van der Waals surface area contributed by atoms with Gasteiger partial charge in [-0.05, 0) is 48.7 Å². The fourth-order valence-electron chi connectivity index (χ4n) is 5.57. The van der Waals surface area contributed by atoms with Crippen LogP contribution in [-0.4, -0.2) is 93.0 Å². The summed E-state index contributed by atoms with van der Waals surface area (Å²) in [5.74, 6) is 0. The van der Waals surface area contributed by atoms with Gasteiger partial charge >= 0.3 is 6.09 Å². The lowest BCUT2D eigenvalue weighted by atomic mass is 10.0. The minimum absolute atomic E-state index is 0.189. The molecule has 1 amide bonds. The number of fused-ring (bicyclic) bond motifs is 1. The van der Waals surface area contributed by atoms with E-state index in [2.05, 4.69) is 73.6 Å². The second-order valence-electron chi connectivity index (χ2n) is 9.88. The summed E-state index contributed by atoms with van der Waals surface area (Å²) >= 11 is 0. The first-order chi connectivity index (χ1) is 18.2. The Bertz CT molecular complexity index is 1310. The van der Waals surface area contributed by atoms with Gasteiger partial charge in [0.1, 0.15) is 19.3 Å². The summed E-state index contributed by atoms with van der Waals surface area (Å²) in [4.78, 5) is 22.5. The van der Waals surface area contributed by atoms with E-state index < -0.39 is 0 Å². The number of piperazine rings is 1. The maximum absolute atomic E-state index is 12.1. The molecule has 9 nitrogen and oxygen atoms in total. The van der Waals surface area contributed by atoms with E-state index in [1.165, 1.54) is 16.5 Å². The molecule has 9 heteroatoms. The molecule has 2 fully saturated rings. The van der Waals surface area contributed by atoms with Crippen LogP contribution in [0.2, 0.25) is 0 Å². The first kappa shape index (κ1) is 23.7.